The minimum absolute atomic E-state index is 0.346. The summed E-state index contributed by atoms with van der Waals surface area (Å²) >= 11 is 0. The summed E-state index contributed by atoms with van der Waals surface area (Å²) < 4.78 is 5.01. The highest BCUT2D eigenvalue weighted by Crippen LogP contribution is 2.24. The first-order valence-electron chi connectivity index (χ1n) is 4.80. The Labute approximate surface area is 83.1 Å². The van der Waals surface area contributed by atoms with Crippen molar-refractivity contribution in [2.24, 2.45) is 5.92 Å². The Kier molecular flexibility index (Phi) is 4.16. The van der Waals surface area contributed by atoms with E-state index in [1.807, 2.05) is 0 Å². The Morgan fingerprint density at radius 1 is 1.57 bits per heavy atom. The van der Waals surface area contributed by atoms with Crippen molar-refractivity contribution in [2.75, 3.05) is 13.7 Å². The predicted octanol–water partition coefficient (Wildman–Crippen LogP) is 0.430. The molecule has 0 heterocycles. The summed E-state index contributed by atoms with van der Waals surface area (Å²) in [4.78, 5) is 10.4. The number of carbonyl (C=O) groups is 1. The van der Waals surface area contributed by atoms with Gasteiger partial charge in [0, 0.05) is 13.7 Å². The molecule has 0 saturated heterocycles. The third kappa shape index (κ3) is 3.16. The van der Waals surface area contributed by atoms with Crippen molar-refractivity contribution in [2.45, 2.75) is 31.4 Å². The largest absolute Gasteiger partial charge is 0.465 e. The molecule has 1 saturated carbocycles. The average molecular weight is 203 g/mol. The molecule has 14 heavy (non-hydrogen) atoms. The van der Waals surface area contributed by atoms with E-state index < -0.39 is 12.2 Å². The number of aliphatic hydroxyl groups is 1. The monoisotopic (exact) mass is 203 g/mol. The Hall–Kier alpha value is -0.810. The number of hydrogen-bond donors (Lipinski definition) is 3. The van der Waals surface area contributed by atoms with Gasteiger partial charge in [-0.3, -0.25) is 0 Å². The standard InChI is InChI=1S/C9H17NO4/c1-14-5-6-2-3-8(11)7(4-6)10-9(12)13/h6-8,10-11H,2-5H2,1H3,(H,12,13). The van der Waals surface area contributed by atoms with Gasteiger partial charge in [-0.15, -0.1) is 0 Å². The van der Waals surface area contributed by atoms with Gasteiger partial charge in [-0.05, 0) is 25.2 Å². The van der Waals surface area contributed by atoms with Crippen molar-refractivity contribution < 1.29 is 19.7 Å². The van der Waals surface area contributed by atoms with Crippen LogP contribution in [0.3, 0.4) is 0 Å². The van der Waals surface area contributed by atoms with E-state index in [1.54, 1.807) is 7.11 Å². The first-order chi connectivity index (χ1) is 6.63. The van der Waals surface area contributed by atoms with Gasteiger partial charge in [0.2, 0.25) is 0 Å². The SMILES string of the molecule is COCC1CCC(O)C(NC(=O)O)C1. The number of carboxylic acid groups (broad SMARTS) is 1. The first-order valence-corrected chi connectivity index (χ1v) is 4.80. The van der Waals surface area contributed by atoms with E-state index in [9.17, 15) is 9.90 Å². The summed E-state index contributed by atoms with van der Waals surface area (Å²) in [7, 11) is 1.63. The van der Waals surface area contributed by atoms with Crippen molar-refractivity contribution >= 4 is 6.09 Å². The molecule has 82 valence electrons. The van der Waals surface area contributed by atoms with Crippen LogP contribution in [-0.4, -0.2) is 42.2 Å². The smallest absolute Gasteiger partial charge is 0.404 e. The van der Waals surface area contributed by atoms with Crippen LogP contribution >= 0.6 is 0 Å². The molecule has 0 aromatic heterocycles. The summed E-state index contributed by atoms with van der Waals surface area (Å²) in [5, 5.41) is 20.4. The topological polar surface area (TPSA) is 78.8 Å². The minimum Gasteiger partial charge on any atom is -0.465 e. The second-order valence-corrected chi connectivity index (χ2v) is 3.76. The molecule has 0 aromatic carbocycles. The maximum absolute atomic E-state index is 10.4. The van der Waals surface area contributed by atoms with Crippen molar-refractivity contribution in [3.8, 4) is 0 Å². The van der Waals surface area contributed by atoms with E-state index in [0.717, 1.165) is 6.42 Å². The fourth-order valence-corrected chi connectivity index (χ4v) is 1.94. The lowest BCUT2D eigenvalue weighted by atomic mass is 9.84. The zero-order chi connectivity index (χ0) is 10.6. The highest BCUT2D eigenvalue weighted by Gasteiger charge is 2.30. The molecule has 1 amide bonds. The molecule has 5 heteroatoms. The Balaban J connectivity index is 2.42. The van der Waals surface area contributed by atoms with Crippen molar-refractivity contribution in [3.63, 3.8) is 0 Å². The molecule has 3 atom stereocenters. The van der Waals surface area contributed by atoms with Gasteiger partial charge < -0.3 is 20.3 Å². The van der Waals surface area contributed by atoms with Gasteiger partial charge in [0.1, 0.15) is 0 Å². The third-order valence-electron chi connectivity index (χ3n) is 2.63. The van der Waals surface area contributed by atoms with Crippen LogP contribution in [0.1, 0.15) is 19.3 Å². The maximum atomic E-state index is 10.4. The molecular formula is C9H17NO4. The van der Waals surface area contributed by atoms with Crippen molar-refractivity contribution in [3.05, 3.63) is 0 Å². The van der Waals surface area contributed by atoms with Crippen LogP contribution in [0.25, 0.3) is 0 Å². The van der Waals surface area contributed by atoms with Gasteiger partial charge in [0.15, 0.2) is 0 Å². The van der Waals surface area contributed by atoms with Gasteiger partial charge >= 0.3 is 6.09 Å². The summed E-state index contributed by atoms with van der Waals surface area (Å²) in [6.45, 7) is 0.629. The van der Waals surface area contributed by atoms with Crippen LogP contribution in [0.4, 0.5) is 4.79 Å². The van der Waals surface area contributed by atoms with E-state index in [4.69, 9.17) is 9.84 Å². The van der Waals surface area contributed by atoms with Crippen LogP contribution in [0.2, 0.25) is 0 Å². The van der Waals surface area contributed by atoms with E-state index in [1.165, 1.54) is 0 Å². The molecule has 1 fully saturated rings. The summed E-state index contributed by atoms with van der Waals surface area (Å²) in [6.07, 6.45) is 0.555. The molecule has 1 aliphatic rings. The molecule has 0 radical (unpaired) electrons. The third-order valence-corrected chi connectivity index (χ3v) is 2.63. The fourth-order valence-electron chi connectivity index (χ4n) is 1.94. The average Bonchev–Trinajstić information content (AvgIpc) is 2.10. The van der Waals surface area contributed by atoms with Gasteiger partial charge in [-0.2, -0.15) is 0 Å². The lowest BCUT2D eigenvalue weighted by Gasteiger charge is -2.32. The quantitative estimate of drug-likeness (QED) is 0.621. The number of aliphatic hydroxyl groups excluding tert-OH is 1. The van der Waals surface area contributed by atoms with E-state index in [0.29, 0.717) is 25.4 Å². The van der Waals surface area contributed by atoms with Gasteiger partial charge in [0.05, 0.1) is 12.1 Å². The molecule has 0 bridgehead atoms. The molecule has 1 rings (SSSR count). The molecule has 0 spiro atoms. The number of rotatable bonds is 3. The molecule has 0 aliphatic heterocycles. The summed E-state index contributed by atoms with van der Waals surface area (Å²) in [5.41, 5.74) is 0. The molecule has 3 unspecified atom stereocenters. The predicted molar refractivity (Wildman–Crippen MR) is 50.2 cm³/mol. The minimum atomic E-state index is -1.08. The van der Waals surface area contributed by atoms with Gasteiger partial charge in [0.25, 0.3) is 0 Å². The van der Waals surface area contributed by atoms with Crippen molar-refractivity contribution in [1.82, 2.24) is 5.32 Å². The maximum Gasteiger partial charge on any atom is 0.404 e. The zero-order valence-corrected chi connectivity index (χ0v) is 8.27. The van der Waals surface area contributed by atoms with Crippen LogP contribution in [0.5, 0.6) is 0 Å². The van der Waals surface area contributed by atoms with Crippen LogP contribution in [0, 0.1) is 5.92 Å². The fraction of sp³-hybridized carbons (Fsp3) is 0.889. The van der Waals surface area contributed by atoms with Crippen molar-refractivity contribution in [1.29, 1.82) is 0 Å². The van der Waals surface area contributed by atoms with E-state index in [-0.39, 0.29) is 6.04 Å². The Morgan fingerprint density at radius 2 is 2.29 bits per heavy atom. The summed E-state index contributed by atoms with van der Waals surface area (Å²) in [6, 6.07) is -0.346. The number of nitrogens with one attached hydrogen (secondary N) is 1. The molecule has 5 nitrogen and oxygen atoms in total. The lowest BCUT2D eigenvalue weighted by Crippen LogP contribution is -2.47. The molecule has 0 aromatic rings. The summed E-state index contributed by atoms with van der Waals surface area (Å²) in [5.74, 6) is 0.347. The zero-order valence-electron chi connectivity index (χ0n) is 8.27. The molecule has 3 N–H and O–H groups in total. The Bertz CT molecular complexity index is 197. The van der Waals surface area contributed by atoms with E-state index in [2.05, 4.69) is 5.32 Å². The molecular weight excluding hydrogens is 186 g/mol. The Morgan fingerprint density at radius 3 is 2.86 bits per heavy atom. The number of methoxy groups -OCH3 is 1. The van der Waals surface area contributed by atoms with Crippen LogP contribution in [0.15, 0.2) is 0 Å². The second-order valence-electron chi connectivity index (χ2n) is 3.76. The number of hydrogen-bond acceptors (Lipinski definition) is 3. The highest BCUT2D eigenvalue weighted by atomic mass is 16.5. The lowest BCUT2D eigenvalue weighted by molar-refractivity contribution is 0.0434. The van der Waals surface area contributed by atoms with E-state index >= 15 is 0 Å². The first kappa shape index (κ1) is 11.3. The number of ether oxygens (including phenoxy) is 1. The second kappa shape index (κ2) is 5.17. The normalized spacial score (nSPS) is 32.6. The van der Waals surface area contributed by atoms with Gasteiger partial charge in [-0.1, -0.05) is 0 Å². The highest BCUT2D eigenvalue weighted by molar-refractivity contribution is 5.64. The number of amides is 1. The van der Waals surface area contributed by atoms with Crippen LogP contribution in [-0.2, 0) is 4.74 Å². The molecule has 1 aliphatic carbocycles. The van der Waals surface area contributed by atoms with Gasteiger partial charge in [-0.25, -0.2) is 4.79 Å². The van der Waals surface area contributed by atoms with Crippen LogP contribution < -0.4 is 5.32 Å².